The highest BCUT2D eigenvalue weighted by Gasteiger charge is 2.30. The van der Waals surface area contributed by atoms with Gasteiger partial charge >= 0.3 is 0 Å². The predicted octanol–water partition coefficient (Wildman–Crippen LogP) is 0.576. The third-order valence-electron chi connectivity index (χ3n) is 4.16. The molecule has 2 heterocycles. The summed E-state index contributed by atoms with van der Waals surface area (Å²) in [5.74, 6) is 0.863. The van der Waals surface area contributed by atoms with E-state index in [0.717, 1.165) is 21.6 Å². The molecule has 2 amide bonds. The first kappa shape index (κ1) is 30.4. The average Bonchev–Trinajstić information content (AvgIpc) is 3.26. The van der Waals surface area contributed by atoms with E-state index in [1.165, 1.54) is 21.6 Å². The highest BCUT2D eigenvalue weighted by molar-refractivity contribution is 8.82. The van der Waals surface area contributed by atoms with Crippen molar-refractivity contribution in [1.29, 1.82) is 0 Å². The molecule has 0 saturated heterocycles. The topological polar surface area (TPSA) is 179 Å². The van der Waals surface area contributed by atoms with Gasteiger partial charge in [0.1, 0.15) is 13.2 Å². The largest absolute Gasteiger partial charge is 0.484 e. The first-order valence-corrected chi connectivity index (χ1v) is 16.2. The van der Waals surface area contributed by atoms with Crippen molar-refractivity contribution in [3.63, 3.8) is 0 Å². The Morgan fingerprint density at radius 3 is 1.60 bits per heavy atom. The van der Waals surface area contributed by atoms with Gasteiger partial charge in [0.15, 0.2) is 22.9 Å². The number of aromatic nitrogens is 1. The van der Waals surface area contributed by atoms with Crippen LogP contribution in [0.25, 0.3) is 0 Å². The van der Waals surface area contributed by atoms with Crippen molar-refractivity contribution in [1.82, 2.24) is 15.6 Å². The van der Waals surface area contributed by atoms with Crippen LogP contribution in [0.3, 0.4) is 0 Å². The maximum atomic E-state index is 12.7. The zero-order valence-corrected chi connectivity index (χ0v) is 23.5. The summed E-state index contributed by atoms with van der Waals surface area (Å²) in [6.07, 6.45) is 0. The molecular weight excluding hydrogens is 575 g/mol. The Hall–Kier alpha value is -0.820. The van der Waals surface area contributed by atoms with E-state index in [2.05, 4.69) is 40.9 Å². The number of carbonyl (C=O) groups is 4. The van der Waals surface area contributed by atoms with Gasteiger partial charge in [0.2, 0.25) is 10.2 Å². The average molecular weight is 602 g/mol. The molecule has 0 spiro atoms. The maximum Gasteiger partial charge on any atom is 0.271 e. The van der Waals surface area contributed by atoms with Gasteiger partial charge in [0, 0.05) is 36.1 Å². The standard InChI is InChI=1S/C18H27N5O6S6/c19-9(7-30)17(26)34-32-5-1-21-15(24)11-13-14(29-4-3-28-13)12(23-11)16(25)22-2-6-33-35-18(27)10(20)8-31/h9-10,23,30-31H,1-8,19-20H2,(H,21,24)(H,22,25)/t9-,10-/m0/s1. The van der Waals surface area contributed by atoms with Crippen LogP contribution in [-0.4, -0.2) is 88.4 Å². The lowest BCUT2D eigenvalue weighted by molar-refractivity contribution is -0.112. The van der Waals surface area contributed by atoms with E-state index < -0.39 is 23.9 Å². The highest BCUT2D eigenvalue weighted by atomic mass is 33.1. The minimum Gasteiger partial charge on any atom is -0.484 e. The van der Waals surface area contributed by atoms with Gasteiger partial charge in [0.05, 0.1) is 12.1 Å². The number of amides is 2. The van der Waals surface area contributed by atoms with Crippen LogP contribution in [0.15, 0.2) is 0 Å². The number of aromatic amines is 1. The number of hydrogen-bond acceptors (Lipinski definition) is 14. The minimum absolute atomic E-state index is 0.0759. The molecule has 0 bridgehead atoms. The van der Waals surface area contributed by atoms with E-state index >= 15 is 0 Å². The molecule has 196 valence electrons. The van der Waals surface area contributed by atoms with Gasteiger partial charge in [-0.2, -0.15) is 25.3 Å². The van der Waals surface area contributed by atoms with Crippen molar-refractivity contribution >= 4 is 90.5 Å². The van der Waals surface area contributed by atoms with Gasteiger partial charge in [-0.25, -0.2) is 0 Å². The smallest absolute Gasteiger partial charge is 0.271 e. The summed E-state index contributed by atoms with van der Waals surface area (Å²) >= 11 is 7.97. The van der Waals surface area contributed by atoms with Crippen LogP contribution < -0.4 is 31.6 Å². The SMILES string of the molecule is N[C@@H](CS)C(=O)SSCCNC(=O)c1[nH]c(C(=O)NCCSSC(=O)[C@@H](N)CS)c2c1OCCO2. The number of rotatable bonds is 14. The summed E-state index contributed by atoms with van der Waals surface area (Å²) in [5.41, 5.74) is 11.4. The van der Waals surface area contributed by atoms with Crippen molar-refractivity contribution in [2.75, 3.05) is 49.3 Å². The zero-order chi connectivity index (χ0) is 25.8. The van der Waals surface area contributed by atoms with E-state index in [4.69, 9.17) is 20.9 Å². The number of nitrogens with one attached hydrogen (secondary N) is 3. The monoisotopic (exact) mass is 601 g/mol. The second-order valence-corrected chi connectivity index (χ2v) is 12.3. The molecule has 2 rings (SSSR count). The van der Waals surface area contributed by atoms with Gasteiger partial charge in [0.25, 0.3) is 11.8 Å². The molecule has 7 N–H and O–H groups in total. The number of thiol groups is 2. The van der Waals surface area contributed by atoms with E-state index in [9.17, 15) is 19.2 Å². The fraction of sp³-hybridized carbons (Fsp3) is 0.556. The molecule has 2 atom stereocenters. The normalized spacial score (nSPS) is 14.2. The second-order valence-electron chi connectivity index (χ2n) is 6.77. The molecule has 1 aliphatic rings. The molecule has 0 aliphatic carbocycles. The van der Waals surface area contributed by atoms with Crippen LogP contribution in [0.5, 0.6) is 11.5 Å². The van der Waals surface area contributed by atoms with E-state index in [0.29, 0.717) is 11.5 Å². The van der Waals surface area contributed by atoms with E-state index in [-0.39, 0.29) is 70.9 Å². The Morgan fingerprint density at radius 1 is 0.829 bits per heavy atom. The van der Waals surface area contributed by atoms with Gasteiger partial charge in [-0.3, -0.25) is 19.2 Å². The number of carbonyl (C=O) groups excluding carboxylic acids is 4. The lowest BCUT2D eigenvalue weighted by Gasteiger charge is -2.16. The van der Waals surface area contributed by atoms with Crippen molar-refractivity contribution in [2.45, 2.75) is 12.1 Å². The molecule has 1 aromatic rings. The Bertz CT molecular complexity index is 835. The second kappa shape index (κ2) is 16.1. The molecule has 0 unspecified atom stereocenters. The van der Waals surface area contributed by atoms with Crippen LogP contribution in [-0.2, 0) is 9.59 Å². The fourth-order valence-corrected chi connectivity index (χ4v) is 6.61. The molecule has 11 nitrogen and oxygen atoms in total. The lowest BCUT2D eigenvalue weighted by atomic mass is 10.3. The maximum absolute atomic E-state index is 12.7. The first-order valence-electron chi connectivity index (χ1n) is 10.3. The number of H-pyrrole nitrogens is 1. The Balaban J connectivity index is 1.86. The predicted molar refractivity (Wildman–Crippen MR) is 150 cm³/mol. The first-order chi connectivity index (χ1) is 16.8. The van der Waals surface area contributed by atoms with Gasteiger partial charge in [-0.05, 0) is 21.6 Å². The van der Waals surface area contributed by atoms with Crippen molar-refractivity contribution < 1.29 is 28.7 Å². The van der Waals surface area contributed by atoms with Crippen LogP contribution in [0.4, 0.5) is 0 Å². The zero-order valence-electron chi connectivity index (χ0n) is 18.4. The molecule has 0 aromatic carbocycles. The third-order valence-corrected chi connectivity index (χ3v) is 9.55. The van der Waals surface area contributed by atoms with Gasteiger partial charge in [-0.1, -0.05) is 21.6 Å². The summed E-state index contributed by atoms with van der Waals surface area (Å²) in [7, 11) is 4.58. The quantitative estimate of drug-likeness (QED) is 0.0897. The van der Waals surface area contributed by atoms with Crippen LogP contribution >= 0.6 is 68.4 Å². The van der Waals surface area contributed by atoms with Crippen LogP contribution in [0.1, 0.15) is 21.0 Å². The number of nitrogens with two attached hydrogens (primary N) is 2. The Labute approximate surface area is 229 Å². The molecule has 1 aliphatic heterocycles. The van der Waals surface area contributed by atoms with Crippen LogP contribution in [0, 0.1) is 0 Å². The van der Waals surface area contributed by atoms with Crippen molar-refractivity contribution in [2.24, 2.45) is 11.5 Å². The summed E-state index contributed by atoms with van der Waals surface area (Å²) in [4.78, 5) is 51.5. The molecule has 17 heteroatoms. The number of hydrogen-bond donors (Lipinski definition) is 7. The van der Waals surface area contributed by atoms with Gasteiger partial charge < -0.3 is 36.6 Å². The summed E-state index contributed by atoms with van der Waals surface area (Å²) in [6, 6.07) is -1.26. The fourth-order valence-electron chi connectivity index (χ4n) is 2.41. The summed E-state index contributed by atoms with van der Waals surface area (Å²) < 4.78 is 11.1. The Kier molecular flexibility index (Phi) is 14.0. The van der Waals surface area contributed by atoms with Crippen molar-refractivity contribution in [3.05, 3.63) is 11.4 Å². The Morgan fingerprint density at radius 2 is 1.23 bits per heavy atom. The van der Waals surface area contributed by atoms with Crippen molar-refractivity contribution in [3.8, 4) is 11.5 Å². The molecule has 35 heavy (non-hydrogen) atoms. The number of ether oxygens (including phenoxy) is 2. The van der Waals surface area contributed by atoms with Crippen LogP contribution in [0.2, 0.25) is 0 Å². The summed E-state index contributed by atoms with van der Waals surface area (Å²) in [6.45, 7) is 1.03. The van der Waals surface area contributed by atoms with Gasteiger partial charge in [-0.15, -0.1) is 0 Å². The third kappa shape index (κ3) is 9.53. The molecule has 1 aromatic heterocycles. The molecule has 0 fully saturated rings. The molecule has 0 radical (unpaired) electrons. The van der Waals surface area contributed by atoms with E-state index in [1.54, 1.807) is 0 Å². The highest BCUT2D eigenvalue weighted by Crippen LogP contribution is 2.37. The van der Waals surface area contributed by atoms with E-state index in [1.807, 2.05) is 0 Å². The number of fused-ring (bicyclic) bond motifs is 1. The molecule has 0 saturated carbocycles. The summed E-state index contributed by atoms with van der Waals surface area (Å²) in [5, 5.41) is 5.08. The minimum atomic E-state index is -0.631. The molecular formula is C18H27N5O6S6. The lowest BCUT2D eigenvalue weighted by Crippen LogP contribution is -2.30.